The lowest BCUT2D eigenvalue weighted by atomic mass is 9.98. The van der Waals surface area contributed by atoms with Gasteiger partial charge in [-0.25, -0.2) is 4.98 Å². The minimum atomic E-state index is 0.219. The molecule has 0 radical (unpaired) electrons. The van der Waals surface area contributed by atoms with Gasteiger partial charge in [0.2, 0.25) is 6.79 Å². The van der Waals surface area contributed by atoms with E-state index >= 15 is 0 Å². The second-order valence-corrected chi connectivity index (χ2v) is 5.60. The van der Waals surface area contributed by atoms with Crippen molar-refractivity contribution in [2.45, 2.75) is 31.8 Å². The van der Waals surface area contributed by atoms with Crippen LogP contribution in [0.5, 0.6) is 11.5 Å². The zero-order valence-corrected chi connectivity index (χ0v) is 11.4. The van der Waals surface area contributed by atoms with Crippen LogP contribution in [0.4, 0.5) is 0 Å². The van der Waals surface area contributed by atoms with Crippen molar-refractivity contribution in [2.24, 2.45) is 5.73 Å². The molecule has 5 nitrogen and oxygen atoms in total. The van der Waals surface area contributed by atoms with Crippen LogP contribution in [0.1, 0.15) is 25.1 Å². The quantitative estimate of drug-likeness (QED) is 0.863. The third-order valence-electron chi connectivity index (χ3n) is 4.00. The number of hydrogen-bond donors (Lipinski definition) is 1. The molecule has 2 aliphatic heterocycles. The summed E-state index contributed by atoms with van der Waals surface area (Å²) in [7, 11) is 0. The van der Waals surface area contributed by atoms with Gasteiger partial charge in [0.1, 0.15) is 5.82 Å². The van der Waals surface area contributed by atoms with Crippen molar-refractivity contribution in [1.29, 1.82) is 0 Å². The highest BCUT2D eigenvalue weighted by molar-refractivity contribution is 5.64. The van der Waals surface area contributed by atoms with Gasteiger partial charge in [-0.15, -0.1) is 0 Å². The van der Waals surface area contributed by atoms with E-state index in [-0.39, 0.29) is 6.04 Å². The Balaban J connectivity index is 1.75. The van der Waals surface area contributed by atoms with E-state index in [0.717, 1.165) is 41.5 Å². The Morgan fingerprint density at radius 1 is 1.30 bits per heavy atom. The highest BCUT2D eigenvalue weighted by atomic mass is 16.7. The fourth-order valence-corrected chi connectivity index (χ4v) is 3.05. The van der Waals surface area contributed by atoms with Gasteiger partial charge in [-0.3, -0.25) is 0 Å². The summed E-state index contributed by atoms with van der Waals surface area (Å²) in [6, 6.07) is 6.16. The second kappa shape index (κ2) is 4.24. The van der Waals surface area contributed by atoms with Gasteiger partial charge < -0.3 is 19.8 Å². The van der Waals surface area contributed by atoms with Crippen molar-refractivity contribution in [2.75, 3.05) is 6.79 Å². The molecule has 2 aliphatic rings. The Bertz CT molecular complexity index is 665. The first-order chi connectivity index (χ1) is 9.70. The predicted molar refractivity (Wildman–Crippen MR) is 74.8 cm³/mol. The molecule has 0 aliphatic carbocycles. The lowest BCUT2D eigenvalue weighted by Gasteiger charge is -2.25. The molecule has 0 spiro atoms. The molecule has 104 valence electrons. The molecule has 2 atom stereocenters. The van der Waals surface area contributed by atoms with Crippen LogP contribution >= 0.6 is 0 Å². The zero-order valence-electron chi connectivity index (χ0n) is 11.4. The van der Waals surface area contributed by atoms with E-state index in [1.165, 1.54) is 0 Å². The first-order valence-electron chi connectivity index (χ1n) is 6.93. The van der Waals surface area contributed by atoms with E-state index in [1.807, 2.05) is 18.2 Å². The number of benzene rings is 1. The van der Waals surface area contributed by atoms with Crippen molar-refractivity contribution in [3.8, 4) is 22.8 Å². The number of ether oxygens (including phenoxy) is 2. The standard InChI is InChI=1S/C15H17N3O2/c1-9-4-11(16)6-18-7-12(17-15(9)18)10-2-3-13-14(5-10)20-8-19-13/h2-3,5,7,9,11H,4,6,8,16H2,1H3. The number of rotatable bonds is 1. The Morgan fingerprint density at radius 2 is 2.15 bits per heavy atom. The highest BCUT2D eigenvalue weighted by Gasteiger charge is 2.24. The van der Waals surface area contributed by atoms with Crippen LogP contribution < -0.4 is 15.2 Å². The molecule has 0 amide bonds. The molecule has 2 aromatic rings. The molecule has 4 rings (SSSR count). The summed E-state index contributed by atoms with van der Waals surface area (Å²) >= 11 is 0. The highest BCUT2D eigenvalue weighted by Crippen LogP contribution is 2.36. The summed E-state index contributed by atoms with van der Waals surface area (Å²) in [5, 5.41) is 0. The van der Waals surface area contributed by atoms with Gasteiger partial charge in [0.15, 0.2) is 11.5 Å². The average molecular weight is 271 g/mol. The number of hydrogen-bond acceptors (Lipinski definition) is 4. The van der Waals surface area contributed by atoms with E-state index in [0.29, 0.717) is 12.7 Å². The van der Waals surface area contributed by atoms with Crippen LogP contribution in [0.15, 0.2) is 24.4 Å². The maximum atomic E-state index is 6.08. The topological polar surface area (TPSA) is 62.3 Å². The molecule has 20 heavy (non-hydrogen) atoms. The van der Waals surface area contributed by atoms with Crippen LogP contribution in [0.25, 0.3) is 11.3 Å². The van der Waals surface area contributed by atoms with Gasteiger partial charge >= 0.3 is 0 Å². The molecule has 2 N–H and O–H groups in total. The fraction of sp³-hybridized carbons (Fsp3) is 0.400. The Morgan fingerprint density at radius 3 is 3.05 bits per heavy atom. The van der Waals surface area contributed by atoms with Gasteiger partial charge in [-0.2, -0.15) is 0 Å². The fourth-order valence-electron chi connectivity index (χ4n) is 3.05. The minimum Gasteiger partial charge on any atom is -0.454 e. The Hall–Kier alpha value is -2.01. The summed E-state index contributed by atoms with van der Waals surface area (Å²) in [5.41, 5.74) is 8.10. The molecule has 3 heterocycles. The average Bonchev–Trinajstić information content (AvgIpc) is 3.03. The van der Waals surface area contributed by atoms with Crippen LogP contribution in [0, 0.1) is 0 Å². The van der Waals surface area contributed by atoms with Gasteiger partial charge in [0, 0.05) is 30.3 Å². The number of fused-ring (bicyclic) bond motifs is 2. The lowest BCUT2D eigenvalue weighted by Crippen LogP contribution is -2.33. The first kappa shape index (κ1) is 11.8. The zero-order chi connectivity index (χ0) is 13.7. The molecule has 0 saturated carbocycles. The molecule has 5 heteroatoms. The maximum absolute atomic E-state index is 6.08. The third kappa shape index (κ3) is 1.78. The van der Waals surface area contributed by atoms with E-state index in [1.54, 1.807) is 0 Å². The second-order valence-electron chi connectivity index (χ2n) is 5.60. The third-order valence-corrected chi connectivity index (χ3v) is 4.00. The summed E-state index contributed by atoms with van der Waals surface area (Å²) < 4.78 is 12.9. The maximum Gasteiger partial charge on any atom is 0.231 e. The summed E-state index contributed by atoms with van der Waals surface area (Å²) in [4.78, 5) is 4.77. The SMILES string of the molecule is CC1CC(N)Cn2cc(-c3ccc4c(c3)OCO4)nc21. The molecular formula is C15H17N3O2. The van der Waals surface area contributed by atoms with Crippen molar-refractivity contribution in [3.05, 3.63) is 30.2 Å². The first-order valence-corrected chi connectivity index (χ1v) is 6.93. The van der Waals surface area contributed by atoms with Gasteiger partial charge in [0.05, 0.1) is 5.69 Å². The van der Waals surface area contributed by atoms with E-state index < -0.39 is 0 Å². The van der Waals surface area contributed by atoms with Crippen molar-refractivity contribution < 1.29 is 9.47 Å². The summed E-state index contributed by atoms with van der Waals surface area (Å²) in [6.45, 7) is 3.32. The predicted octanol–water partition coefficient (Wildman–Crippen LogP) is 2.11. The molecule has 1 aromatic heterocycles. The van der Waals surface area contributed by atoms with Crippen molar-refractivity contribution in [1.82, 2.24) is 9.55 Å². The number of aromatic nitrogens is 2. The molecule has 0 bridgehead atoms. The monoisotopic (exact) mass is 271 g/mol. The lowest BCUT2D eigenvalue weighted by molar-refractivity contribution is 0.174. The van der Waals surface area contributed by atoms with Crippen LogP contribution in [0.2, 0.25) is 0 Å². The van der Waals surface area contributed by atoms with Gasteiger partial charge in [-0.05, 0) is 24.6 Å². The molecule has 0 fully saturated rings. The molecule has 1 aromatic carbocycles. The molecule has 2 unspecified atom stereocenters. The smallest absolute Gasteiger partial charge is 0.231 e. The summed E-state index contributed by atoms with van der Waals surface area (Å²) in [6.07, 6.45) is 3.08. The van der Waals surface area contributed by atoms with E-state index in [9.17, 15) is 0 Å². The van der Waals surface area contributed by atoms with Crippen molar-refractivity contribution >= 4 is 0 Å². The van der Waals surface area contributed by atoms with Crippen molar-refractivity contribution in [3.63, 3.8) is 0 Å². The van der Waals surface area contributed by atoms with Gasteiger partial charge in [0.25, 0.3) is 0 Å². The van der Waals surface area contributed by atoms with E-state index in [2.05, 4.69) is 17.7 Å². The number of imidazole rings is 1. The van der Waals surface area contributed by atoms with Gasteiger partial charge in [-0.1, -0.05) is 6.92 Å². The van der Waals surface area contributed by atoms with Crippen LogP contribution in [-0.4, -0.2) is 22.4 Å². The normalized spacial score (nSPS) is 23.7. The van der Waals surface area contributed by atoms with Crippen LogP contribution in [-0.2, 0) is 6.54 Å². The number of nitrogens with two attached hydrogens (primary N) is 1. The van der Waals surface area contributed by atoms with E-state index in [4.69, 9.17) is 20.2 Å². The Kier molecular flexibility index (Phi) is 2.50. The molecule has 0 saturated heterocycles. The van der Waals surface area contributed by atoms with Crippen LogP contribution in [0.3, 0.4) is 0 Å². The summed E-state index contributed by atoms with van der Waals surface area (Å²) in [5.74, 6) is 3.12. The number of nitrogens with zero attached hydrogens (tertiary/aromatic N) is 2. The molecular weight excluding hydrogens is 254 g/mol. The largest absolute Gasteiger partial charge is 0.454 e. The minimum absolute atomic E-state index is 0.219. The Labute approximate surface area is 117 Å².